The number of carbonyl (C=O) groups is 2. The molecule has 2 aromatic rings. The molecule has 0 aliphatic carbocycles. The average Bonchev–Trinajstić information content (AvgIpc) is 3.12. The highest BCUT2D eigenvalue weighted by Crippen LogP contribution is 2.37. The van der Waals surface area contributed by atoms with Crippen molar-refractivity contribution in [2.75, 3.05) is 26.2 Å². The van der Waals surface area contributed by atoms with Crippen LogP contribution in [-0.4, -0.2) is 59.6 Å². The minimum absolute atomic E-state index is 0.119. The Balaban J connectivity index is 1.23. The van der Waals surface area contributed by atoms with Crippen LogP contribution in [0.25, 0.3) is 0 Å². The van der Waals surface area contributed by atoms with E-state index in [4.69, 9.17) is 9.47 Å². The molecule has 2 atom stereocenters. The quantitative estimate of drug-likeness (QED) is 0.636. The zero-order valence-electron chi connectivity index (χ0n) is 20.9. The van der Waals surface area contributed by atoms with E-state index in [1.165, 1.54) is 21.6 Å². The molecular formula is C28H35N3O4. The molecule has 186 valence electrons. The number of urea groups is 1. The summed E-state index contributed by atoms with van der Waals surface area (Å²) >= 11 is 0. The van der Waals surface area contributed by atoms with Gasteiger partial charge in [0, 0.05) is 6.54 Å². The summed E-state index contributed by atoms with van der Waals surface area (Å²) in [6.07, 6.45) is 1.97. The number of likely N-dealkylation sites (tertiary alicyclic amines) is 1. The van der Waals surface area contributed by atoms with E-state index in [1.807, 2.05) is 31.2 Å². The van der Waals surface area contributed by atoms with Gasteiger partial charge in [-0.1, -0.05) is 42.8 Å². The first kappa shape index (κ1) is 23.7. The topological polar surface area (TPSA) is 71.1 Å². The number of rotatable bonds is 6. The summed E-state index contributed by atoms with van der Waals surface area (Å²) in [5.74, 6) is 1.33. The molecule has 7 heteroatoms. The van der Waals surface area contributed by atoms with Crippen LogP contribution in [0.2, 0.25) is 0 Å². The maximum Gasteiger partial charge on any atom is 0.325 e. The molecule has 1 N–H and O–H groups in total. The lowest BCUT2D eigenvalue weighted by atomic mass is 9.75. The Morgan fingerprint density at radius 3 is 2.54 bits per heavy atom. The molecule has 0 unspecified atom stereocenters. The Bertz CT molecular complexity index is 1110. The lowest BCUT2D eigenvalue weighted by Crippen LogP contribution is -2.56. The fourth-order valence-corrected chi connectivity index (χ4v) is 5.77. The van der Waals surface area contributed by atoms with Gasteiger partial charge in [0.05, 0.1) is 6.54 Å². The Hall–Kier alpha value is -3.06. The second-order valence-corrected chi connectivity index (χ2v) is 10.1. The van der Waals surface area contributed by atoms with Gasteiger partial charge in [-0.05, 0) is 75.4 Å². The Kier molecular flexibility index (Phi) is 6.45. The van der Waals surface area contributed by atoms with Crippen LogP contribution in [0, 0.1) is 19.8 Å². The van der Waals surface area contributed by atoms with Gasteiger partial charge in [-0.3, -0.25) is 14.6 Å². The number of nitrogens with one attached hydrogen (secondary N) is 1. The molecule has 3 amide bonds. The number of amides is 3. The number of para-hydroxylation sites is 2. The van der Waals surface area contributed by atoms with Crippen molar-refractivity contribution in [1.29, 1.82) is 0 Å². The van der Waals surface area contributed by atoms with Crippen molar-refractivity contribution >= 4 is 11.9 Å². The predicted octanol–water partition coefficient (Wildman–Crippen LogP) is 4.06. The lowest BCUT2D eigenvalue weighted by Gasteiger charge is -2.40. The van der Waals surface area contributed by atoms with Crippen molar-refractivity contribution in [2.24, 2.45) is 5.92 Å². The molecule has 5 rings (SSSR count). The van der Waals surface area contributed by atoms with Crippen molar-refractivity contribution in [2.45, 2.75) is 58.2 Å². The van der Waals surface area contributed by atoms with Gasteiger partial charge in [-0.2, -0.15) is 0 Å². The average molecular weight is 478 g/mol. The number of benzene rings is 2. The molecule has 0 radical (unpaired) electrons. The van der Waals surface area contributed by atoms with Gasteiger partial charge >= 0.3 is 6.03 Å². The third-order valence-electron chi connectivity index (χ3n) is 7.90. The summed E-state index contributed by atoms with van der Waals surface area (Å²) in [7, 11) is 0. The van der Waals surface area contributed by atoms with Crippen molar-refractivity contribution in [3.05, 3.63) is 59.2 Å². The standard InChI is InChI=1S/C28H35N3O4/c1-4-28(22-11-13-30(14-12-22)16-21-15-19(2)9-10-20(21)3)26(32)31(27(33)29-28)17-23-18-34-24-7-5-6-8-25(24)35-23/h5-10,15,22-23H,4,11-14,16-18H2,1-3H3,(H,29,33)/t23-,28-/m0/s1. The Labute approximate surface area is 207 Å². The maximum absolute atomic E-state index is 13.7. The van der Waals surface area contributed by atoms with E-state index in [0.717, 1.165) is 32.5 Å². The van der Waals surface area contributed by atoms with E-state index >= 15 is 0 Å². The summed E-state index contributed by atoms with van der Waals surface area (Å²) in [5, 5.41) is 3.10. The van der Waals surface area contributed by atoms with E-state index < -0.39 is 5.54 Å². The summed E-state index contributed by atoms with van der Waals surface area (Å²) in [5.41, 5.74) is 3.12. The van der Waals surface area contributed by atoms with Crippen LogP contribution >= 0.6 is 0 Å². The summed E-state index contributed by atoms with van der Waals surface area (Å²) in [4.78, 5) is 30.5. The molecule has 0 aromatic heterocycles. The van der Waals surface area contributed by atoms with Gasteiger partial charge in [0.25, 0.3) is 5.91 Å². The normalized spacial score (nSPS) is 25.1. The molecule has 0 bridgehead atoms. The van der Waals surface area contributed by atoms with Crippen LogP contribution in [0.1, 0.15) is 42.9 Å². The fourth-order valence-electron chi connectivity index (χ4n) is 5.77. The van der Waals surface area contributed by atoms with Crippen LogP contribution in [0.4, 0.5) is 4.79 Å². The molecule has 3 aliphatic heterocycles. The molecular weight excluding hydrogens is 442 g/mol. The van der Waals surface area contributed by atoms with Crippen LogP contribution in [0.15, 0.2) is 42.5 Å². The van der Waals surface area contributed by atoms with Crippen molar-refractivity contribution in [3.63, 3.8) is 0 Å². The predicted molar refractivity (Wildman–Crippen MR) is 134 cm³/mol. The van der Waals surface area contributed by atoms with Crippen LogP contribution in [-0.2, 0) is 11.3 Å². The zero-order chi connectivity index (χ0) is 24.6. The number of carbonyl (C=O) groups excluding carboxylic acids is 2. The molecule has 35 heavy (non-hydrogen) atoms. The highest BCUT2D eigenvalue weighted by atomic mass is 16.6. The van der Waals surface area contributed by atoms with Gasteiger partial charge in [0.2, 0.25) is 0 Å². The minimum atomic E-state index is -0.837. The van der Waals surface area contributed by atoms with E-state index in [2.05, 4.69) is 42.3 Å². The second kappa shape index (κ2) is 9.53. The molecule has 2 aromatic carbocycles. The van der Waals surface area contributed by atoms with Crippen molar-refractivity contribution < 1.29 is 19.1 Å². The molecule has 0 spiro atoms. The second-order valence-electron chi connectivity index (χ2n) is 10.1. The number of fused-ring (bicyclic) bond motifs is 1. The zero-order valence-corrected chi connectivity index (χ0v) is 20.9. The largest absolute Gasteiger partial charge is 0.486 e. The molecule has 2 fully saturated rings. The first-order valence-corrected chi connectivity index (χ1v) is 12.7. The van der Waals surface area contributed by atoms with E-state index in [9.17, 15) is 9.59 Å². The van der Waals surface area contributed by atoms with Gasteiger partial charge in [0.1, 0.15) is 12.1 Å². The summed E-state index contributed by atoms with van der Waals surface area (Å²) in [6.45, 7) is 9.54. The number of ether oxygens (including phenoxy) is 2. The Morgan fingerprint density at radius 2 is 1.80 bits per heavy atom. The fraction of sp³-hybridized carbons (Fsp3) is 0.500. The van der Waals surface area contributed by atoms with E-state index in [-0.39, 0.29) is 30.5 Å². The monoisotopic (exact) mass is 477 g/mol. The van der Waals surface area contributed by atoms with E-state index in [1.54, 1.807) is 0 Å². The first-order valence-electron chi connectivity index (χ1n) is 12.7. The van der Waals surface area contributed by atoms with E-state index in [0.29, 0.717) is 24.5 Å². The molecule has 2 saturated heterocycles. The molecule has 0 saturated carbocycles. The number of aryl methyl sites for hydroxylation is 2. The highest BCUT2D eigenvalue weighted by Gasteiger charge is 2.55. The third kappa shape index (κ3) is 4.49. The third-order valence-corrected chi connectivity index (χ3v) is 7.90. The molecule has 7 nitrogen and oxygen atoms in total. The van der Waals surface area contributed by atoms with Gasteiger partial charge in [-0.15, -0.1) is 0 Å². The SMILES string of the molecule is CC[C@@]1(C2CCN(Cc3cc(C)ccc3C)CC2)NC(=O)N(C[C@H]2COc3ccccc3O2)C1=O. The van der Waals surface area contributed by atoms with Crippen molar-refractivity contribution in [1.82, 2.24) is 15.1 Å². The van der Waals surface area contributed by atoms with Crippen molar-refractivity contribution in [3.8, 4) is 11.5 Å². The lowest BCUT2D eigenvalue weighted by molar-refractivity contribution is -0.135. The van der Waals surface area contributed by atoms with Crippen LogP contribution in [0.5, 0.6) is 11.5 Å². The smallest absolute Gasteiger partial charge is 0.325 e. The van der Waals surface area contributed by atoms with Gasteiger partial charge in [0.15, 0.2) is 17.6 Å². The van der Waals surface area contributed by atoms with Crippen LogP contribution < -0.4 is 14.8 Å². The summed E-state index contributed by atoms with van der Waals surface area (Å²) < 4.78 is 11.8. The molecule has 3 aliphatic rings. The Morgan fingerprint density at radius 1 is 1.06 bits per heavy atom. The number of nitrogens with zero attached hydrogens (tertiary/aromatic N) is 2. The number of hydrogen-bond donors (Lipinski definition) is 1. The number of hydrogen-bond acceptors (Lipinski definition) is 5. The first-order chi connectivity index (χ1) is 16.9. The number of imide groups is 1. The molecule has 3 heterocycles. The highest BCUT2D eigenvalue weighted by molar-refractivity contribution is 6.07. The summed E-state index contributed by atoms with van der Waals surface area (Å²) in [6, 6.07) is 13.8. The minimum Gasteiger partial charge on any atom is -0.486 e. The maximum atomic E-state index is 13.7. The van der Waals surface area contributed by atoms with Gasteiger partial charge < -0.3 is 14.8 Å². The number of piperidine rings is 1. The van der Waals surface area contributed by atoms with Gasteiger partial charge in [-0.25, -0.2) is 4.79 Å². The van der Waals surface area contributed by atoms with Crippen LogP contribution in [0.3, 0.4) is 0 Å².